The van der Waals surface area contributed by atoms with Gasteiger partial charge in [-0.15, -0.1) is 6.58 Å². The van der Waals surface area contributed by atoms with E-state index in [-0.39, 0.29) is 57.0 Å². The lowest BCUT2D eigenvalue weighted by atomic mass is 10.0. The Hall–Kier alpha value is -5.23. The van der Waals surface area contributed by atoms with E-state index in [1.54, 1.807) is 30.3 Å². The molecule has 1 saturated carbocycles. The number of anilines is 1. The van der Waals surface area contributed by atoms with Gasteiger partial charge in [-0.1, -0.05) is 56.0 Å². The van der Waals surface area contributed by atoms with E-state index in [9.17, 15) is 36.8 Å². The topological polar surface area (TPSA) is 202 Å². The molecular formula is C39H47FN6O10S. The van der Waals surface area contributed by atoms with E-state index in [2.05, 4.69) is 27.3 Å². The number of alkyl carbamates (subject to hydrolysis) is 1. The molecule has 4 aliphatic heterocycles. The minimum Gasteiger partial charge on any atom is -0.444 e. The molecule has 2 aromatic rings. The number of carbonyl (C=O) groups is 5. The van der Waals surface area contributed by atoms with Gasteiger partial charge in [-0.2, -0.15) is 0 Å². The zero-order valence-corrected chi connectivity index (χ0v) is 32.2. The summed E-state index contributed by atoms with van der Waals surface area (Å²) < 4.78 is 60.3. The zero-order valence-electron chi connectivity index (χ0n) is 31.4. The molecule has 306 valence electrons. The molecule has 0 unspecified atom stereocenters. The van der Waals surface area contributed by atoms with Crippen LogP contribution in [0.25, 0.3) is 0 Å². The quantitative estimate of drug-likeness (QED) is 0.331. The van der Waals surface area contributed by atoms with Crippen molar-refractivity contribution in [2.24, 2.45) is 5.92 Å². The highest BCUT2D eigenvalue weighted by molar-refractivity contribution is 7.90. The molecule has 1 spiro atoms. The average Bonchev–Trinajstić information content (AvgIpc) is 3.45. The summed E-state index contributed by atoms with van der Waals surface area (Å²) in [5.74, 6) is -3.49. The van der Waals surface area contributed by atoms with E-state index in [0.29, 0.717) is 42.6 Å². The summed E-state index contributed by atoms with van der Waals surface area (Å²) in [7, 11) is -4.42. The maximum absolute atomic E-state index is 14.5. The number of hydrogen-bond donors (Lipinski definition) is 4. The number of hydrogen-bond acceptors (Lipinski definition) is 11. The lowest BCUT2D eigenvalue weighted by molar-refractivity contribution is -0.141. The lowest BCUT2D eigenvalue weighted by Crippen LogP contribution is -2.58. The third-order valence-electron chi connectivity index (χ3n) is 11.2. The fourth-order valence-corrected chi connectivity index (χ4v) is 9.07. The third-order valence-corrected chi connectivity index (χ3v) is 12.6. The molecule has 18 heteroatoms. The second-order valence-corrected chi connectivity index (χ2v) is 16.8. The van der Waals surface area contributed by atoms with Crippen molar-refractivity contribution < 1.29 is 51.0 Å². The second-order valence-electron chi connectivity index (χ2n) is 15.2. The van der Waals surface area contributed by atoms with Crippen LogP contribution in [0.4, 0.5) is 19.7 Å². The van der Waals surface area contributed by atoms with Gasteiger partial charge < -0.3 is 35.1 Å². The number of nitrogens with zero attached hydrogens (tertiary/aromatic N) is 2. The van der Waals surface area contributed by atoms with E-state index in [1.807, 2.05) is 0 Å². The second kappa shape index (κ2) is 16.7. The van der Waals surface area contributed by atoms with Crippen molar-refractivity contribution in [3.63, 3.8) is 0 Å². The van der Waals surface area contributed by atoms with Crippen molar-refractivity contribution >= 4 is 45.6 Å². The SMILES string of the molecule is C=C[C@@H]1C[C@@]12NC(=O)[C@@H]1C[C@@H](OC(=O)N3Cc4cccc(F)c4C3)CN1C(=O)[C@@H](NC(=O)OC1COC1)CCCCCCCNc1ccccc1S(=O)(=O)NC2=O. The minimum atomic E-state index is -4.42. The fraction of sp³-hybridized carbons (Fsp3) is 0.513. The van der Waals surface area contributed by atoms with Crippen molar-refractivity contribution in [1.82, 2.24) is 25.2 Å². The summed E-state index contributed by atoms with van der Waals surface area (Å²) in [5, 5.41) is 8.55. The van der Waals surface area contributed by atoms with Crippen LogP contribution >= 0.6 is 0 Å². The number of sulfonamides is 1. The maximum atomic E-state index is 14.5. The minimum absolute atomic E-state index is 0.0235. The molecule has 0 aromatic heterocycles. The van der Waals surface area contributed by atoms with Gasteiger partial charge >= 0.3 is 12.2 Å². The number of nitrogens with one attached hydrogen (secondary N) is 4. The highest BCUT2D eigenvalue weighted by Crippen LogP contribution is 2.45. The predicted octanol–water partition coefficient (Wildman–Crippen LogP) is 3.07. The van der Waals surface area contributed by atoms with Gasteiger partial charge in [-0.05, 0) is 43.0 Å². The molecule has 7 rings (SSSR count). The van der Waals surface area contributed by atoms with Gasteiger partial charge in [-0.3, -0.25) is 19.3 Å². The van der Waals surface area contributed by atoms with Gasteiger partial charge in [0.2, 0.25) is 11.8 Å². The number of fused-ring (bicyclic) bond motifs is 3. The normalized spacial score (nSPS) is 28.0. The molecule has 57 heavy (non-hydrogen) atoms. The van der Waals surface area contributed by atoms with Crippen LogP contribution in [0, 0.1) is 11.7 Å². The Bertz CT molecular complexity index is 2030. The van der Waals surface area contributed by atoms with Gasteiger partial charge in [0, 0.05) is 31.0 Å². The van der Waals surface area contributed by atoms with Gasteiger partial charge in [0.1, 0.15) is 34.4 Å². The maximum Gasteiger partial charge on any atom is 0.410 e. The summed E-state index contributed by atoms with van der Waals surface area (Å²) in [5.41, 5.74) is -0.387. The molecule has 2 aromatic carbocycles. The average molecular weight is 811 g/mol. The highest BCUT2D eigenvalue weighted by Gasteiger charge is 2.61. The van der Waals surface area contributed by atoms with Crippen molar-refractivity contribution in [3.8, 4) is 0 Å². The summed E-state index contributed by atoms with van der Waals surface area (Å²) in [4.78, 5) is 71.5. The molecule has 4 heterocycles. The van der Waals surface area contributed by atoms with Gasteiger partial charge in [0.05, 0.1) is 32.0 Å². The molecule has 0 bridgehead atoms. The van der Waals surface area contributed by atoms with Gasteiger partial charge in [0.15, 0.2) is 6.10 Å². The highest BCUT2D eigenvalue weighted by atomic mass is 32.2. The Balaban J connectivity index is 1.15. The van der Waals surface area contributed by atoms with Crippen LogP contribution in [-0.2, 0) is 51.7 Å². The number of benzene rings is 2. The zero-order chi connectivity index (χ0) is 40.3. The Morgan fingerprint density at radius 2 is 1.75 bits per heavy atom. The van der Waals surface area contributed by atoms with Crippen molar-refractivity contribution in [3.05, 3.63) is 72.1 Å². The number of amides is 5. The number of ether oxygens (including phenoxy) is 3. The standard InChI is InChI=1S/C39H47FN6O10S/c1-2-25-18-39(25)36(49)44-57(52,53)33-15-8-7-13-30(33)41-16-9-5-3-4-6-14-31(42-37(50)55-27-22-54-23-27)35(48)46-20-26(17-32(46)34(47)43-39)56-38(51)45-19-24-11-10-12-29(40)28(24)21-45/h2,7-8,10-13,15,25-27,31-32,41H,1,3-6,9,14,16-23H2,(H,42,50)(H,43,47)(H,44,49)/t25-,26-,31+,32+,39-/m1/s1. The van der Waals surface area contributed by atoms with Crippen LogP contribution in [0.15, 0.2) is 60.0 Å². The molecule has 3 fully saturated rings. The van der Waals surface area contributed by atoms with Crippen LogP contribution in [0.2, 0.25) is 0 Å². The first-order valence-corrected chi connectivity index (χ1v) is 20.8. The molecular weight excluding hydrogens is 764 g/mol. The number of halogens is 1. The van der Waals surface area contributed by atoms with E-state index in [4.69, 9.17) is 14.2 Å². The first kappa shape index (κ1) is 40.0. The van der Waals surface area contributed by atoms with E-state index in [0.717, 1.165) is 12.8 Å². The molecule has 16 nitrogen and oxygen atoms in total. The number of para-hydroxylation sites is 1. The van der Waals surface area contributed by atoms with Crippen molar-refractivity contribution in [2.75, 3.05) is 31.6 Å². The third kappa shape index (κ3) is 8.71. The largest absolute Gasteiger partial charge is 0.444 e. The molecule has 0 radical (unpaired) electrons. The molecule has 1 aliphatic carbocycles. The molecule has 2 saturated heterocycles. The van der Waals surface area contributed by atoms with E-state index < -0.39 is 81.5 Å². The summed E-state index contributed by atoms with van der Waals surface area (Å²) in [6.07, 6.45) is 1.99. The van der Waals surface area contributed by atoms with Gasteiger partial charge in [0.25, 0.3) is 15.9 Å². The molecule has 5 amide bonds. The summed E-state index contributed by atoms with van der Waals surface area (Å²) in [6.45, 7) is 4.53. The van der Waals surface area contributed by atoms with Crippen molar-refractivity contribution in [1.29, 1.82) is 0 Å². The van der Waals surface area contributed by atoms with Gasteiger partial charge in [-0.25, -0.2) is 27.1 Å². The monoisotopic (exact) mass is 810 g/mol. The first-order chi connectivity index (χ1) is 27.4. The predicted molar refractivity (Wildman–Crippen MR) is 201 cm³/mol. The van der Waals surface area contributed by atoms with E-state index in [1.165, 1.54) is 28.0 Å². The Morgan fingerprint density at radius 3 is 2.49 bits per heavy atom. The van der Waals surface area contributed by atoms with Crippen LogP contribution in [0.1, 0.15) is 62.5 Å². The van der Waals surface area contributed by atoms with Crippen LogP contribution < -0.4 is 20.7 Å². The summed E-state index contributed by atoms with van der Waals surface area (Å²) in [6, 6.07) is 8.38. The van der Waals surface area contributed by atoms with Crippen molar-refractivity contribution in [2.45, 2.75) is 99.2 Å². The molecule has 4 N–H and O–H groups in total. The van der Waals surface area contributed by atoms with Crippen LogP contribution in [0.3, 0.4) is 0 Å². The number of rotatable bonds is 4. The molecule has 5 atom stereocenters. The number of carbonyl (C=O) groups excluding carboxylic acids is 5. The van der Waals surface area contributed by atoms with E-state index >= 15 is 0 Å². The van der Waals surface area contributed by atoms with Crippen LogP contribution in [0.5, 0.6) is 0 Å². The first-order valence-electron chi connectivity index (χ1n) is 19.3. The molecule has 5 aliphatic rings. The fourth-order valence-electron chi connectivity index (χ4n) is 7.85. The Labute approximate surface area is 329 Å². The van der Waals surface area contributed by atoms with Crippen LogP contribution in [-0.4, -0.2) is 104 Å². The Kier molecular flexibility index (Phi) is 11.7. The lowest BCUT2D eigenvalue weighted by Gasteiger charge is -2.31. The Morgan fingerprint density at radius 1 is 0.982 bits per heavy atom. The smallest absolute Gasteiger partial charge is 0.410 e. The summed E-state index contributed by atoms with van der Waals surface area (Å²) >= 11 is 0.